The Labute approximate surface area is 139 Å². The minimum Gasteiger partial charge on any atom is -0.350 e. The molecule has 2 N–H and O–H groups in total. The highest BCUT2D eigenvalue weighted by Crippen LogP contribution is 2.10. The normalized spacial score (nSPS) is 10.1. The van der Waals surface area contributed by atoms with Crippen LogP contribution in [0.3, 0.4) is 0 Å². The number of hydrogen-bond donors (Lipinski definition) is 2. The molecule has 0 fully saturated rings. The van der Waals surface area contributed by atoms with Gasteiger partial charge in [-0.15, -0.1) is 11.8 Å². The van der Waals surface area contributed by atoms with Gasteiger partial charge >= 0.3 is 0 Å². The lowest BCUT2D eigenvalue weighted by molar-refractivity contribution is -0.118. The van der Waals surface area contributed by atoms with E-state index in [0.29, 0.717) is 6.54 Å². The standard InChI is InChI=1S/C17H19N3O2S/c1-13-5-4-7-14(9-13)20-17(22)12-23-11-16(21)19-10-15-6-2-3-8-18-15/h2-9H,10-12H2,1H3,(H,19,21)(H,20,22). The summed E-state index contributed by atoms with van der Waals surface area (Å²) in [4.78, 5) is 27.6. The lowest BCUT2D eigenvalue weighted by atomic mass is 10.2. The number of rotatable bonds is 7. The van der Waals surface area contributed by atoms with Crippen LogP contribution in [0.25, 0.3) is 0 Å². The third-order valence-electron chi connectivity index (χ3n) is 2.96. The Morgan fingerprint density at radius 2 is 1.91 bits per heavy atom. The van der Waals surface area contributed by atoms with Crippen molar-refractivity contribution in [1.82, 2.24) is 10.3 Å². The zero-order chi connectivity index (χ0) is 16.5. The maximum Gasteiger partial charge on any atom is 0.234 e. The number of aromatic nitrogens is 1. The van der Waals surface area contributed by atoms with Crippen molar-refractivity contribution in [3.05, 3.63) is 59.9 Å². The fourth-order valence-corrected chi connectivity index (χ4v) is 2.55. The number of carbonyl (C=O) groups excluding carboxylic acids is 2. The zero-order valence-electron chi connectivity index (χ0n) is 12.9. The predicted octanol–water partition coefficient (Wildman–Crippen LogP) is 2.38. The summed E-state index contributed by atoms with van der Waals surface area (Å²) in [5.41, 5.74) is 2.67. The number of thioether (sulfide) groups is 1. The number of pyridine rings is 1. The molecular weight excluding hydrogens is 310 g/mol. The van der Waals surface area contributed by atoms with E-state index in [1.165, 1.54) is 11.8 Å². The second kappa shape index (κ2) is 8.95. The predicted molar refractivity (Wildman–Crippen MR) is 93.2 cm³/mol. The summed E-state index contributed by atoms with van der Waals surface area (Å²) in [5, 5.41) is 5.59. The minimum atomic E-state index is -0.113. The van der Waals surface area contributed by atoms with Gasteiger partial charge in [-0.2, -0.15) is 0 Å². The number of nitrogens with one attached hydrogen (secondary N) is 2. The molecule has 2 aromatic rings. The smallest absolute Gasteiger partial charge is 0.234 e. The topological polar surface area (TPSA) is 71.1 Å². The van der Waals surface area contributed by atoms with E-state index >= 15 is 0 Å². The van der Waals surface area contributed by atoms with Gasteiger partial charge < -0.3 is 10.6 Å². The molecule has 1 aromatic heterocycles. The summed E-state index contributed by atoms with van der Waals surface area (Å²) < 4.78 is 0. The first-order valence-electron chi connectivity index (χ1n) is 7.24. The average Bonchev–Trinajstić information content (AvgIpc) is 2.54. The molecule has 0 aliphatic rings. The molecule has 0 radical (unpaired) electrons. The third kappa shape index (κ3) is 6.52. The van der Waals surface area contributed by atoms with Crippen molar-refractivity contribution >= 4 is 29.3 Å². The maximum atomic E-state index is 11.8. The van der Waals surface area contributed by atoms with Crippen LogP contribution < -0.4 is 10.6 Å². The van der Waals surface area contributed by atoms with Crippen LogP contribution in [0.4, 0.5) is 5.69 Å². The van der Waals surface area contributed by atoms with Crippen molar-refractivity contribution in [3.63, 3.8) is 0 Å². The second-order valence-corrected chi connectivity index (χ2v) is 5.99. The Bertz CT molecular complexity index is 662. The number of carbonyl (C=O) groups is 2. The van der Waals surface area contributed by atoms with Crippen molar-refractivity contribution in [2.75, 3.05) is 16.8 Å². The number of anilines is 1. The molecule has 0 bridgehead atoms. The average molecular weight is 329 g/mol. The number of amides is 2. The molecule has 6 heteroatoms. The van der Waals surface area contributed by atoms with Gasteiger partial charge in [0.2, 0.25) is 11.8 Å². The molecule has 120 valence electrons. The van der Waals surface area contributed by atoms with Gasteiger partial charge in [0.1, 0.15) is 0 Å². The highest BCUT2D eigenvalue weighted by Gasteiger charge is 2.06. The lowest BCUT2D eigenvalue weighted by Gasteiger charge is -2.06. The Hall–Kier alpha value is -2.34. The molecule has 0 aliphatic heterocycles. The molecule has 0 saturated heterocycles. The van der Waals surface area contributed by atoms with Gasteiger partial charge in [0.05, 0.1) is 23.7 Å². The summed E-state index contributed by atoms with van der Waals surface area (Å²) in [6.07, 6.45) is 1.69. The Kier molecular flexibility index (Phi) is 6.62. The molecular formula is C17H19N3O2S. The van der Waals surface area contributed by atoms with Crippen molar-refractivity contribution in [2.24, 2.45) is 0 Å². The molecule has 0 spiro atoms. The van der Waals surface area contributed by atoms with E-state index in [9.17, 15) is 9.59 Å². The first kappa shape index (κ1) is 17.0. The number of aryl methyl sites for hydroxylation is 1. The molecule has 2 rings (SSSR count). The zero-order valence-corrected chi connectivity index (χ0v) is 13.7. The van der Waals surface area contributed by atoms with Gasteiger partial charge in [0, 0.05) is 11.9 Å². The van der Waals surface area contributed by atoms with E-state index in [-0.39, 0.29) is 23.3 Å². The molecule has 23 heavy (non-hydrogen) atoms. The molecule has 0 unspecified atom stereocenters. The molecule has 0 atom stereocenters. The molecule has 1 heterocycles. The van der Waals surface area contributed by atoms with Gasteiger partial charge in [-0.05, 0) is 36.8 Å². The highest BCUT2D eigenvalue weighted by molar-refractivity contribution is 8.00. The Morgan fingerprint density at radius 3 is 2.65 bits per heavy atom. The third-order valence-corrected chi connectivity index (χ3v) is 3.89. The van der Waals surface area contributed by atoms with Crippen LogP contribution in [0.1, 0.15) is 11.3 Å². The molecule has 0 saturated carbocycles. The summed E-state index contributed by atoms with van der Waals surface area (Å²) in [6, 6.07) is 13.2. The fourth-order valence-electron chi connectivity index (χ4n) is 1.90. The number of benzene rings is 1. The van der Waals surface area contributed by atoms with Crippen molar-refractivity contribution in [2.45, 2.75) is 13.5 Å². The fraction of sp³-hybridized carbons (Fsp3) is 0.235. The van der Waals surface area contributed by atoms with Crippen molar-refractivity contribution in [3.8, 4) is 0 Å². The van der Waals surface area contributed by atoms with E-state index in [4.69, 9.17) is 0 Å². The van der Waals surface area contributed by atoms with Crippen LogP contribution in [-0.2, 0) is 16.1 Å². The van der Waals surface area contributed by atoms with Gasteiger partial charge in [-0.3, -0.25) is 14.6 Å². The van der Waals surface area contributed by atoms with Crippen LogP contribution in [0.15, 0.2) is 48.7 Å². The van der Waals surface area contributed by atoms with Crippen molar-refractivity contribution < 1.29 is 9.59 Å². The SMILES string of the molecule is Cc1cccc(NC(=O)CSCC(=O)NCc2ccccn2)c1. The largest absolute Gasteiger partial charge is 0.350 e. The van der Waals surface area contributed by atoms with Crippen LogP contribution >= 0.6 is 11.8 Å². The number of nitrogens with zero attached hydrogens (tertiary/aromatic N) is 1. The minimum absolute atomic E-state index is 0.107. The Balaban J connectivity index is 1.64. The van der Waals surface area contributed by atoms with Crippen LogP contribution in [-0.4, -0.2) is 28.3 Å². The lowest BCUT2D eigenvalue weighted by Crippen LogP contribution is -2.26. The van der Waals surface area contributed by atoms with Crippen LogP contribution in [0, 0.1) is 6.92 Å². The summed E-state index contributed by atoms with van der Waals surface area (Å²) >= 11 is 1.28. The highest BCUT2D eigenvalue weighted by atomic mass is 32.2. The van der Waals surface area contributed by atoms with Crippen LogP contribution in [0.2, 0.25) is 0 Å². The quantitative estimate of drug-likeness (QED) is 0.818. The first-order valence-corrected chi connectivity index (χ1v) is 8.40. The summed E-state index contributed by atoms with van der Waals surface area (Å²) in [7, 11) is 0. The summed E-state index contributed by atoms with van der Waals surface area (Å²) in [6.45, 7) is 2.37. The molecule has 5 nitrogen and oxygen atoms in total. The van der Waals surface area contributed by atoms with Gasteiger partial charge in [0.25, 0.3) is 0 Å². The van der Waals surface area contributed by atoms with Gasteiger partial charge in [-0.25, -0.2) is 0 Å². The monoisotopic (exact) mass is 329 g/mol. The maximum absolute atomic E-state index is 11.8. The Morgan fingerprint density at radius 1 is 1.09 bits per heavy atom. The van der Waals surface area contributed by atoms with Crippen LogP contribution in [0.5, 0.6) is 0 Å². The molecule has 2 amide bonds. The van der Waals surface area contributed by atoms with E-state index in [2.05, 4.69) is 15.6 Å². The van der Waals surface area contributed by atoms with E-state index in [1.807, 2.05) is 49.4 Å². The molecule has 1 aromatic carbocycles. The van der Waals surface area contributed by atoms with Gasteiger partial charge in [-0.1, -0.05) is 18.2 Å². The second-order valence-electron chi connectivity index (χ2n) is 5.01. The first-order chi connectivity index (χ1) is 11.1. The van der Waals surface area contributed by atoms with Gasteiger partial charge in [0.15, 0.2) is 0 Å². The molecule has 0 aliphatic carbocycles. The number of hydrogen-bond acceptors (Lipinski definition) is 4. The van der Waals surface area contributed by atoms with E-state index < -0.39 is 0 Å². The van der Waals surface area contributed by atoms with E-state index in [0.717, 1.165) is 16.9 Å². The van der Waals surface area contributed by atoms with Crippen molar-refractivity contribution in [1.29, 1.82) is 0 Å². The van der Waals surface area contributed by atoms with E-state index in [1.54, 1.807) is 6.20 Å². The summed E-state index contributed by atoms with van der Waals surface area (Å²) in [5.74, 6) is 0.265.